The zero-order valence-electron chi connectivity index (χ0n) is 14.1. The maximum absolute atomic E-state index is 12.5. The molecule has 4 N–H and O–H groups in total. The number of aryl methyl sites for hydroxylation is 1. The van der Waals surface area contributed by atoms with Gasteiger partial charge in [-0.1, -0.05) is 18.0 Å². The number of halogens is 4. The number of hydrogen-bond acceptors (Lipinski definition) is 6. The van der Waals surface area contributed by atoms with Gasteiger partial charge < -0.3 is 16.2 Å². The SMILES string of the molecule is Cc1cc(OC(F)(F)F)c(Cl)cc1N1C(N)=NC(N)=NC12CCCCC2. The fourth-order valence-corrected chi connectivity index (χ4v) is 3.75. The minimum absolute atomic E-state index is 0.0985. The lowest BCUT2D eigenvalue weighted by Crippen LogP contribution is -2.58. The molecule has 0 amide bonds. The summed E-state index contributed by atoms with van der Waals surface area (Å²) in [5, 5.41) is -0.177. The molecule has 10 heteroatoms. The Kier molecular flexibility index (Phi) is 4.68. The van der Waals surface area contributed by atoms with E-state index in [9.17, 15) is 13.2 Å². The number of nitrogens with two attached hydrogens (primary N) is 2. The first-order chi connectivity index (χ1) is 12.1. The molecule has 1 heterocycles. The second kappa shape index (κ2) is 6.53. The van der Waals surface area contributed by atoms with Gasteiger partial charge >= 0.3 is 6.36 Å². The van der Waals surface area contributed by atoms with Crippen molar-refractivity contribution < 1.29 is 17.9 Å². The predicted molar refractivity (Wildman–Crippen MR) is 94.4 cm³/mol. The maximum Gasteiger partial charge on any atom is 0.573 e. The van der Waals surface area contributed by atoms with Crippen molar-refractivity contribution in [1.82, 2.24) is 0 Å². The molecule has 1 aromatic carbocycles. The Bertz CT molecular complexity index is 772. The van der Waals surface area contributed by atoms with Gasteiger partial charge in [0.1, 0.15) is 11.4 Å². The first kappa shape index (κ1) is 18.6. The van der Waals surface area contributed by atoms with Crippen LogP contribution in [-0.4, -0.2) is 23.9 Å². The second-order valence-corrected chi connectivity index (χ2v) is 6.84. The van der Waals surface area contributed by atoms with Crippen LogP contribution in [0.5, 0.6) is 5.75 Å². The summed E-state index contributed by atoms with van der Waals surface area (Å²) < 4.78 is 41.6. The maximum atomic E-state index is 12.5. The third-order valence-corrected chi connectivity index (χ3v) is 4.86. The Hall–Kier alpha value is -2.16. The molecule has 26 heavy (non-hydrogen) atoms. The average molecular weight is 390 g/mol. The highest BCUT2D eigenvalue weighted by atomic mass is 35.5. The number of anilines is 1. The van der Waals surface area contributed by atoms with Gasteiger partial charge in [0, 0.05) is 0 Å². The summed E-state index contributed by atoms with van der Waals surface area (Å²) in [4.78, 5) is 10.3. The highest BCUT2D eigenvalue weighted by molar-refractivity contribution is 6.32. The molecule has 0 radical (unpaired) electrons. The lowest BCUT2D eigenvalue weighted by Gasteiger charge is -2.46. The summed E-state index contributed by atoms with van der Waals surface area (Å²) in [5.74, 6) is -0.224. The van der Waals surface area contributed by atoms with E-state index in [1.54, 1.807) is 11.8 Å². The normalized spacial score (nSPS) is 20.0. The Morgan fingerprint density at radius 1 is 1.19 bits per heavy atom. The molecule has 1 aliphatic heterocycles. The first-order valence-electron chi connectivity index (χ1n) is 8.17. The van der Waals surface area contributed by atoms with Gasteiger partial charge in [0.15, 0.2) is 0 Å². The van der Waals surface area contributed by atoms with Crippen molar-refractivity contribution in [3.05, 3.63) is 22.7 Å². The number of nitrogens with zero attached hydrogens (tertiary/aromatic N) is 3. The van der Waals surface area contributed by atoms with Gasteiger partial charge in [-0.3, -0.25) is 4.90 Å². The van der Waals surface area contributed by atoms with Gasteiger partial charge in [0.25, 0.3) is 0 Å². The topological polar surface area (TPSA) is 89.2 Å². The Balaban J connectivity index is 2.06. The van der Waals surface area contributed by atoms with Crippen molar-refractivity contribution in [2.75, 3.05) is 4.90 Å². The molecule has 1 saturated carbocycles. The molecule has 2 aliphatic rings. The van der Waals surface area contributed by atoms with Gasteiger partial charge in [-0.05, 0) is 50.3 Å². The molecule has 0 bridgehead atoms. The van der Waals surface area contributed by atoms with Gasteiger partial charge in [-0.25, -0.2) is 4.99 Å². The summed E-state index contributed by atoms with van der Waals surface area (Å²) in [5.41, 5.74) is 12.3. The largest absolute Gasteiger partial charge is 0.573 e. The van der Waals surface area contributed by atoms with E-state index in [2.05, 4.69) is 14.7 Å². The van der Waals surface area contributed by atoms with Crippen LogP contribution in [0, 0.1) is 6.92 Å². The van der Waals surface area contributed by atoms with Crippen LogP contribution in [0.3, 0.4) is 0 Å². The first-order valence-corrected chi connectivity index (χ1v) is 8.55. The zero-order chi connectivity index (χ0) is 19.1. The van der Waals surface area contributed by atoms with Crippen LogP contribution < -0.4 is 21.1 Å². The van der Waals surface area contributed by atoms with Crippen molar-refractivity contribution in [3.63, 3.8) is 0 Å². The monoisotopic (exact) mass is 389 g/mol. The fourth-order valence-electron chi connectivity index (χ4n) is 3.56. The predicted octanol–water partition coefficient (Wildman–Crippen LogP) is 3.66. The van der Waals surface area contributed by atoms with Crippen LogP contribution in [0.15, 0.2) is 22.1 Å². The summed E-state index contributed by atoms with van der Waals surface area (Å²) in [6.45, 7) is 1.65. The van der Waals surface area contributed by atoms with Gasteiger partial charge in [0.2, 0.25) is 11.9 Å². The van der Waals surface area contributed by atoms with Gasteiger partial charge in [-0.2, -0.15) is 4.99 Å². The number of benzene rings is 1. The highest BCUT2D eigenvalue weighted by Gasteiger charge is 2.43. The van der Waals surface area contributed by atoms with E-state index < -0.39 is 17.8 Å². The third-order valence-electron chi connectivity index (χ3n) is 4.57. The van der Waals surface area contributed by atoms with Crippen molar-refractivity contribution in [3.8, 4) is 5.75 Å². The van der Waals surface area contributed by atoms with Crippen LogP contribution in [0.2, 0.25) is 5.02 Å². The number of guanidine groups is 2. The summed E-state index contributed by atoms with van der Waals surface area (Å²) >= 11 is 6.04. The van der Waals surface area contributed by atoms with Crippen LogP contribution in [0.1, 0.15) is 37.7 Å². The smallest absolute Gasteiger partial charge is 0.404 e. The van der Waals surface area contributed by atoms with Crippen molar-refractivity contribution in [2.24, 2.45) is 21.5 Å². The van der Waals surface area contributed by atoms with Gasteiger partial charge in [0.05, 0.1) is 10.7 Å². The van der Waals surface area contributed by atoms with E-state index in [0.717, 1.165) is 19.3 Å². The molecular weight excluding hydrogens is 371 g/mol. The molecule has 0 saturated heterocycles. The molecule has 0 atom stereocenters. The minimum Gasteiger partial charge on any atom is -0.404 e. The molecule has 0 aromatic heterocycles. The highest BCUT2D eigenvalue weighted by Crippen LogP contribution is 2.43. The number of ether oxygens (including phenoxy) is 1. The fraction of sp³-hybridized carbons (Fsp3) is 0.500. The molecule has 1 spiro atoms. The number of rotatable bonds is 2. The van der Waals surface area contributed by atoms with E-state index in [1.165, 1.54) is 12.1 Å². The van der Waals surface area contributed by atoms with Crippen molar-refractivity contribution in [1.29, 1.82) is 0 Å². The van der Waals surface area contributed by atoms with E-state index in [1.807, 2.05) is 0 Å². The lowest BCUT2D eigenvalue weighted by atomic mass is 9.87. The lowest BCUT2D eigenvalue weighted by molar-refractivity contribution is -0.274. The van der Waals surface area contributed by atoms with Crippen LogP contribution in [-0.2, 0) is 0 Å². The summed E-state index contributed by atoms with van der Waals surface area (Å²) in [6.07, 6.45) is -0.471. The van der Waals surface area contributed by atoms with E-state index in [-0.39, 0.29) is 16.9 Å². The zero-order valence-corrected chi connectivity index (χ0v) is 14.9. The van der Waals surface area contributed by atoms with Crippen LogP contribution in [0.25, 0.3) is 0 Å². The molecule has 1 aromatic rings. The number of aliphatic imine (C=N–C) groups is 2. The summed E-state index contributed by atoms with van der Waals surface area (Å²) in [6, 6.07) is 2.63. The molecule has 3 rings (SSSR count). The van der Waals surface area contributed by atoms with Crippen molar-refractivity contribution in [2.45, 2.75) is 51.1 Å². The third kappa shape index (κ3) is 3.53. The Morgan fingerprint density at radius 3 is 2.46 bits per heavy atom. The number of alkyl halides is 3. The molecular formula is C16H19ClF3N5O. The standard InChI is InChI=1S/C16H19ClF3N5O/c1-9-7-12(26-16(18,19)20)10(17)8-11(9)25-14(22)23-13(21)24-15(25)5-3-2-4-6-15/h7-8H,2-6H2,1H3,(H4,21,22,23,24). The second-order valence-electron chi connectivity index (χ2n) is 6.44. The van der Waals surface area contributed by atoms with Gasteiger partial charge in [-0.15, -0.1) is 13.2 Å². The average Bonchev–Trinajstić information content (AvgIpc) is 2.50. The van der Waals surface area contributed by atoms with E-state index >= 15 is 0 Å². The Labute approximate surface area is 153 Å². The molecule has 142 valence electrons. The minimum atomic E-state index is -4.83. The molecule has 1 aliphatic carbocycles. The molecule has 0 unspecified atom stereocenters. The quantitative estimate of drug-likeness (QED) is 0.807. The van der Waals surface area contributed by atoms with Crippen molar-refractivity contribution >= 4 is 29.2 Å². The Morgan fingerprint density at radius 2 is 1.85 bits per heavy atom. The molecule has 1 fully saturated rings. The van der Waals surface area contributed by atoms with E-state index in [4.69, 9.17) is 23.1 Å². The summed E-state index contributed by atoms with van der Waals surface area (Å²) in [7, 11) is 0. The molecule has 6 nitrogen and oxygen atoms in total. The number of hydrogen-bond donors (Lipinski definition) is 2. The van der Waals surface area contributed by atoms with Crippen LogP contribution >= 0.6 is 11.6 Å². The van der Waals surface area contributed by atoms with E-state index in [0.29, 0.717) is 24.1 Å². The van der Waals surface area contributed by atoms with Crippen LogP contribution in [0.4, 0.5) is 18.9 Å².